The average Bonchev–Trinajstić information content (AvgIpc) is 3.30. The van der Waals surface area contributed by atoms with Gasteiger partial charge in [-0.3, -0.25) is 14.4 Å². The van der Waals surface area contributed by atoms with Crippen LogP contribution >= 0.6 is 11.6 Å². The zero-order valence-electron chi connectivity index (χ0n) is 19.9. The van der Waals surface area contributed by atoms with E-state index in [1.165, 1.54) is 12.1 Å². The fraction of sp³-hybridized carbons (Fsp3) is 0.680. The highest BCUT2D eigenvalue weighted by Crippen LogP contribution is 2.47. The molecular weight excluding hydrogens is 475 g/mol. The van der Waals surface area contributed by atoms with E-state index in [1.54, 1.807) is 0 Å². The second-order valence-corrected chi connectivity index (χ2v) is 10.8. The maximum Gasteiger partial charge on any atom is 0.258 e. The third-order valence-electron chi connectivity index (χ3n) is 8.23. The van der Waals surface area contributed by atoms with Crippen LogP contribution in [0.25, 0.3) is 0 Å². The zero-order valence-corrected chi connectivity index (χ0v) is 20.7. The van der Waals surface area contributed by atoms with E-state index < -0.39 is 5.82 Å². The number of amides is 2. The van der Waals surface area contributed by atoms with Crippen LogP contribution in [0.4, 0.5) is 4.39 Å². The standard InChI is InChI=1S/C25H34ClFN4O4/c1-13-23(24(31-35-13)19-4-2-3-9-28-19)25(33)30-21-11-20(15-6-7-16(15)21)29-22(32)12-34-14-5-8-17(26)18(27)10-14/h5,8,10,13,15-16,19-21,23-24,28,31H,2-4,6-7,9,11-12H2,1H3,(H,29,32)(H,30,33)/t13?,15?,16?,19?,20-,21?,23?,24?/m0/s1. The molecule has 4 N–H and O–H groups in total. The summed E-state index contributed by atoms with van der Waals surface area (Å²) in [6.45, 7) is 2.71. The molecule has 2 saturated carbocycles. The summed E-state index contributed by atoms with van der Waals surface area (Å²) in [7, 11) is 0. The van der Waals surface area contributed by atoms with E-state index in [2.05, 4.69) is 21.4 Å². The molecule has 2 amide bonds. The number of fused-ring (bicyclic) bond motifs is 1. The fourth-order valence-corrected chi connectivity index (χ4v) is 6.38. The van der Waals surface area contributed by atoms with Crippen LogP contribution in [0, 0.1) is 23.6 Å². The number of ether oxygens (including phenoxy) is 1. The van der Waals surface area contributed by atoms with Gasteiger partial charge in [0.05, 0.1) is 23.1 Å². The van der Waals surface area contributed by atoms with E-state index in [0.717, 1.165) is 44.7 Å². The van der Waals surface area contributed by atoms with Gasteiger partial charge in [-0.25, -0.2) is 4.39 Å². The van der Waals surface area contributed by atoms with Gasteiger partial charge in [0.25, 0.3) is 5.91 Å². The minimum Gasteiger partial charge on any atom is -0.484 e. The quantitative estimate of drug-likeness (QED) is 0.451. The molecule has 192 valence electrons. The van der Waals surface area contributed by atoms with Crippen molar-refractivity contribution in [1.82, 2.24) is 21.4 Å². The molecule has 0 bridgehead atoms. The highest BCUT2D eigenvalue weighted by atomic mass is 35.5. The van der Waals surface area contributed by atoms with Gasteiger partial charge in [-0.2, -0.15) is 5.48 Å². The molecule has 2 aliphatic carbocycles. The molecule has 0 aromatic heterocycles. The summed E-state index contributed by atoms with van der Waals surface area (Å²) in [6.07, 6.45) is 5.93. The average molecular weight is 509 g/mol. The number of carbonyl (C=O) groups excluding carboxylic acids is 2. The van der Waals surface area contributed by atoms with Gasteiger partial charge in [-0.15, -0.1) is 0 Å². The number of piperidine rings is 1. The summed E-state index contributed by atoms with van der Waals surface area (Å²) in [4.78, 5) is 31.6. The molecule has 8 nitrogen and oxygen atoms in total. The first-order chi connectivity index (χ1) is 16.9. The van der Waals surface area contributed by atoms with E-state index in [1.807, 2.05) is 6.92 Å². The van der Waals surface area contributed by atoms with Crippen molar-refractivity contribution in [3.05, 3.63) is 29.0 Å². The van der Waals surface area contributed by atoms with Crippen LogP contribution in [0.3, 0.4) is 0 Å². The Balaban J connectivity index is 1.14. The number of nitrogens with one attached hydrogen (secondary N) is 4. The molecular formula is C25H34ClFN4O4. The lowest BCUT2D eigenvalue weighted by Crippen LogP contribution is -2.55. The first-order valence-corrected chi connectivity index (χ1v) is 13.1. The maximum atomic E-state index is 13.6. The first-order valence-electron chi connectivity index (χ1n) is 12.7. The van der Waals surface area contributed by atoms with Gasteiger partial charge in [0.1, 0.15) is 11.6 Å². The van der Waals surface area contributed by atoms with E-state index in [4.69, 9.17) is 21.2 Å². The molecule has 0 radical (unpaired) electrons. The number of hydrogen-bond donors (Lipinski definition) is 4. The SMILES string of the molecule is CC1ONC(C2CCCCN2)C1C(=O)NC1C[C@H](NC(=O)COc2ccc(Cl)c(F)c2)C2CCC12. The fourth-order valence-electron chi connectivity index (χ4n) is 6.27. The van der Waals surface area contributed by atoms with Gasteiger partial charge in [-0.1, -0.05) is 18.0 Å². The van der Waals surface area contributed by atoms with Crippen molar-refractivity contribution in [2.45, 2.75) is 75.7 Å². The van der Waals surface area contributed by atoms with Crippen LogP contribution in [0.15, 0.2) is 18.2 Å². The summed E-state index contributed by atoms with van der Waals surface area (Å²) in [5.41, 5.74) is 3.11. The van der Waals surface area contributed by atoms with Crippen LogP contribution in [0.2, 0.25) is 5.02 Å². The predicted molar refractivity (Wildman–Crippen MR) is 128 cm³/mol. The molecule has 5 rings (SSSR count). The number of halogens is 2. The van der Waals surface area contributed by atoms with Crippen molar-refractivity contribution in [2.24, 2.45) is 17.8 Å². The maximum absolute atomic E-state index is 13.6. The van der Waals surface area contributed by atoms with Gasteiger partial charge in [0, 0.05) is 24.2 Å². The van der Waals surface area contributed by atoms with Crippen LogP contribution in [-0.2, 0) is 14.4 Å². The Kier molecular flexibility index (Phi) is 7.48. The topological polar surface area (TPSA) is 101 Å². The van der Waals surface area contributed by atoms with Crippen molar-refractivity contribution in [1.29, 1.82) is 0 Å². The first kappa shape index (κ1) is 24.7. The zero-order chi connectivity index (χ0) is 24.5. The number of benzene rings is 1. The van der Waals surface area contributed by atoms with Crippen molar-refractivity contribution in [3.8, 4) is 5.75 Å². The molecule has 2 aliphatic heterocycles. The van der Waals surface area contributed by atoms with Gasteiger partial charge in [0.2, 0.25) is 5.91 Å². The molecule has 10 heteroatoms. The van der Waals surface area contributed by atoms with Crippen molar-refractivity contribution < 1.29 is 23.6 Å². The molecule has 8 atom stereocenters. The molecule has 35 heavy (non-hydrogen) atoms. The third-order valence-corrected chi connectivity index (χ3v) is 8.53. The molecule has 7 unspecified atom stereocenters. The van der Waals surface area contributed by atoms with E-state index in [0.29, 0.717) is 18.3 Å². The second-order valence-electron chi connectivity index (χ2n) is 10.3. The minimum atomic E-state index is -0.588. The Hall–Kier alpha value is -1.94. The van der Waals surface area contributed by atoms with Crippen LogP contribution < -0.4 is 26.2 Å². The van der Waals surface area contributed by atoms with Crippen molar-refractivity contribution >= 4 is 23.4 Å². The number of hydroxylamine groups is 1. The largest absolute Gasteiger partial charge is 0.484 e. The monoisotopic (exact) mass is 508 g/mol. The number of hydrogen-bond acceptors (Lipinski definition) is 6. The van der Waals surface area contributed by atoms with E-state index >= 15 is 0 Å². The lowest BCUT2D eigenvalue weighted by molar-refractivity contribution is -0.128. The van der Waals surface area contributed by atoms with Gasteiger partial charge < -0.3 is 20.7 Å². The Morgan fingerprint density at radius 1 is 1.17 bits per heavy atom. The summed E-state index contributed by atoms with van der Waals surface area (Å²) in [5, 5.41) is 9.91. The Morgan fingerprint density at radius 2 is 1.94 bits per heavy atom. The van der Waals surface area contributed by atoms with Gasteiger partial charge >= 0.3 is 0 Å². The summed E-state index contributed by atoms with van der Waals surface area (Å²) in [6, 6.07) is 4.29. The Bertz CT molecular complexity index is 946. The normalized spacial score (nSPS) is 36.2. The predicted octanol–water partition coefficient (Wildman–Crippen LogP) is 2.31. The molecule has 1 aromatic carbocycles. The lowest BCUT2D eigenvalue weighted by Gasteiger charge is -2.37. The summed E-state index contributed by atoms with van der Waals surface area (Å²) >= 11 is 5.69. The van der Waals surface area contributed by atoms with Crippen LogP contribution in [-0.4, -0.2) is 55.2 Å². The van der Waals surface area contributed by atoms with E-state index in [-0.39, 0.29) is 65.4 Å². The van der Waals surface area contributed by atoms with Crippen LogP contribution in [0.5, 0.6) is 5.75 Å². The highest BCUT2D eigenvalue weighted by Gasteiger charge is 2.51. The number of carbonyl (C=O) groups is 2. The Morgan fingerprint density at radius 3 is 2.63 bits per heavy atom. The van der Waals surface area contributed by atoms with Gasteiger partial charge in [0.15, 0.2) is 6.61 Å². The molecule has 2 saturated heterocycles. The highest BCUT2D eigenvalue weighted by molar-refractivity contribution is 6.30. The molecule has 2 heterocycles. The summed E-state index contributed by atoms with van der Waals surface area (Å²) in [5.74, 6) is -0.107. The minimum absolute atomic E-state index is 0.00698. The number of rotatable bonds is 7. The summed E-state index contributed by atoms with van der Waals surface area (Å²) < 4.78 is 19.0. The molecule has 4 aliphatic rings. The van der Waals surface area contributed by atoms with Crippen molar-refractivity contribution in [3.63, 3.8) is 0 Å². The molecule has 4 fully saturated rings. The molecule has 0 spiro atoms. The van der Waals surface area contributed by atoms with Gasteiger partial charge in [-0.05, 0) is 69.5 Å². The smallest absolute Gasteiger partial charge is 0.258 e. The van der Waals surface area contributed by atoms with E-state index in [9.17, 15) is 14.0 Å². The van der Waals surface area contributed by atoms with Crippen LogP contribution in [0.1, 0.15) is 45.4 Å². The van der Waals surface area contributed by atoms with Crippen molar-refractivity contribution in [2.75, 3.05) is 13.2 Å². The second kappa shape index (κ2) is 10.6. The third kappa shape index (κ3) is 5.28. The Labute approximate surface area is 210 Å². The lowest BCUT2D eigenvalue weighted by atomic mass is 9.73. The molecule has 1 aromatic rings.